The Morgan fingerprint density at radius 2 is 1.17 bits per heavy atom. The van der Waals surface area contributed by atoms with Crippen molar-refractivity contribution < 1.29 is 9.90 Å². The number of hydrogen-bond donors (Lipinski definition) is 2. The van der Waals surface area contributed by atoms with E-state index in [2.05, 4.69) is 80.5 Å². The Morgan fingerprint density at radius 1 is 0.723 bits per heavy atom. The van der Waals surface area contributed by atoms with E-state index in [1.54, 1.807) is 12.1 Å². The molecule has 0 unspecified atom stereocenters. The second kappa shape index (κ2) is 28.1. The van der Waals surface area contributed by atoms with Gasteiger partial charge < -0.3 is 10.4 Å². The molecule has 0 spiro atoms. The Balaban J connectivity index is 0.000000576. The average Bonchev–Trinajstić information content (AvgIpc) is 3.76. The zero-order valence-electron chi connectivity index (χ0n) is 32.9. The third-order valence-corrected chi connectivity index (χ3v) is 10.00. The lowest BCUT2D eigenvalue weighted by atomic mass is 9.82. The third kappa shape index (κ3) is 25.8. The molecule has 0 aromatic heterocycles. The maximum absolute atomic E-state index is 10.6. The number of hydrogen-bond acceptors (Lipinski definition) is 2. The number of terminal acetylenes is 1. The van der Waals surface area contributed by atoms with Gasteiger partial charge in [-0.05, 0) is 72.0 Å². The van der Waals surface area contributed by atoms with Crippen LogP contribution in [0.15, 0.2) is 24.3 Å². The van der Waals surface area contributed by atoms with Crippen LogP contribution in [-0.2, 0) is 6.54 Å². The Labute approximate surface area is 294 Å². The molecule has 0 bridgehead atoms. The van der Waals surface area contributed by atoms with Gasteiger partial charge in [0.1, 0.15) is 0 Å². The molecule has 1 aromatic rings. The Bertz CT molecular complexity index is 890. The van der Waals surface area contributed by atoms with Gasteiger partial charge in [-0.25, -0.2) is 4.79 Å². The second-order valence-electron chi connectivity index (χ2n) is 16.4. The summed E-state index contributed by atoms with van der Waals surface area (Å²) < 4.78 is 0. The number of benzene rings is 1. The lowest BCUT2D eigenvalue weighted by molar-refractivity contribution is 0.0697. The van der Waals surface area contributed by atoms with E-state index in [1.165, 1.54) is 89.9 Å². The van der Waals surface area contributed by atoms with Crippen LogP contribution in [0, 0.1) is 53.8 Å². The van der Waals surface area contributed by atoms with Crippen LogP contribution >= 0.6 is 0 Å². The van der Waals surface area contributed by atoms with Crippen molar-refractivity contribution in [1.29, 1.82) is 0 Å². The van der Waals surface area contributed by atoms with E-state index in [4.69, 9.17) is 11.5 Å². The molecule has 4 rings (SSSR count). The minimum atomic E-state index is -0.881. The quantitative estimate of drug-likeness (QED) is 0.247. The van der Waals surface area contributed by atoms with Crippen molar-refractivity contribution in [2.75, 3.05) is 0 Å². The molecule has 3 aliphatic carbocycles. The predicted molar refractivity (Wildman–Crippen MR) is 208 cm³/mol. The summed E-state index contributed by atoms with van der Waals surface area (Å²) in [5.74, 6) is 8.49. The molecule has 1 aromatic carbocycles. The average molecular weight is 654 g/mol. The van der Waals surface area contributed by atoms with E-state index in [1.807, 2.05) is 12.1 Å². The first-order chi connectivity index (χ1) is 22.3. The molecule has 3 nitrogen and oxygen atoms in total. The second-order valence-corrected chi connectivity index (χ2v) is 16.4. The van der Waals surface area contributed by atoms with Crippen LogP contribution in [0.3, 0.4) is 0 Å². The summed E-state index contributed by atoms with van der Waals surface area (Å²) >= 11 is 0. The first-order valence-corrected chi connectivity index (χ1v) is 19.8. The van der Waals surface area contributed by atoms with Crippen LogP contribution in [0.5, 0.6) is 0 Å². The maximum atomic E-state index is 10.6. The van der Waals surface area contributed by atoms with E-state index >= 15 is 0 Å². The highest BCUT2D eigenvalue weighted by Gasteiger charge is 2.18. The fourth-order valence-electron chi connectivity index (χ4n) is 6.80. The maximum Gasteiger partial charge on any atom is 0.335 e. The van der Waals surface area contributed by atoms with Crippen molar-refractivity contribution in [2.45, 2.75) is 185 Å². The fraction of sp³-hybridized carbons (Fsp3) is 0.795. The number of aromatic carboxylic acids is 1. The van der Waals surface area contributed by atoms with Gasteiger partial charge in [0.15, 0.2) is 0 Å². The summed E-state index contributed by atoms with van der Waals surface area (Å²) in [6.45, 7) is 23.3. The van der Waals surface area contributed by atoms with Crippen molar-refractivity contribution in [1.82, 2.24) is 5.32 Å². The van der Waals surface area contributed by atoms with Crippen LogP contribution < -0.4 is 5.32 Å². The minimum absolute atomic E-state index is 0.332. The molecule has 3 heteroatoms. The van der Waals surface area contributed by atoms with Gasteiger partial charge in [-0.15, -0.1) is 12.3 Å². The van der Waals surface area contributed by atoms with E-state index < -0.39 is 5.97 Å². The van der Waals surface area contributed by atoms with Crippen molar-refractivity contribution in [2.24, 2.45) is 41.4 Å². The van der Waals surface area contributed by atoms with Crippen molar-refractivity contribution in [3.8, 4) is 12.3 Å². The van der Waals surface area contributed by atoms with E-state index in [0.29, 0.717) is 11.6 Å². The lowest BCUT2D eigenvalue weighted by Crippen LogP contribution is -2.21. The summed E-state index contributed by atoms with van der Waals surface area (Å²) in [5, 5.41) is 11.9. The molecule has 0 atom stereocenters. The Morgan fingerprint density at radius 3 is 1.49 bits per heavy atom. The van der Waals surface area contributed by atoms with Gasteiger partial charge in [-0.1, -0.05) is 165 Å². The van der Waals surface area contributed by atoms with Crippen LogP contribution in [-0.4, -0.2) is 17.1 Å². The smallest absolute Gasteiger partial charge is 0.335 e. The first-order valence-electron chi connectivity index (χ1n) is 19.8. The van der Waals surface area contributed by atoms with Crippen molar-refractivity contribution in [3.63, 3.8) is 0 Å². The molecular formula is C44H79NO2. The van der Waals surface area contributed by atoms with Gasteiger partial charge in [0.2, 0.25) is 0 Å². The van der Waals surface area contributed by atoms with Crippen molar-refractivity contribution >= 4 is 5.97 Å². The molecule has 3 aliphatic rings. The van der Waals surface area contributed by atoms with Crippen LogP contribution in [0.25, 0.3) is 0 Å². The number of carbonyl (C=O) groups is 1. The molecule has 0 heterocycles. The highest BCUT2D eigenvalue weighted by atomic mass is 16.4. The van der Waals surface area contributed by atoms with E-state index in [-0.39, 0.29) is 0 Å². The summed E-state index contributed by atoms with van der Waals surface area (Å²) in [6.07, 6.45) is 28.0. The Hall–Kier alpha value is -1.79. The highest BCUT2D eigenvalue weighted by molar-refractivity contribution is 5.87. The number of carboxylic acid groups (broad SMARTS) is 1. The standard InChI is InChI=1S/C11H15NO2.2C9H18.C8H16.C7H12/c1-8(2)12-7-9-3-5-10(6-4-9)11(13)14;1-8(2)7-9-5-3-4-6-9;1-8(2)9-6-4-3-5-7-9;1-7(2)8-5-3-4-6-8;1-4-5-6-7(2)3/h3-6,8,12H,7H2,1-2H3,(H,13,14);2*8-9H,3-7H2,1-2H3;7-8H,3-6H2,1-2H3;1,7H,5-6H2,2-3H3. The molecule has 2 N–H and O–H groups in total. The van der Waals surface area contributed by atoms with Gasteiger partial charge in [-0.3, -0.25) is 0 Å². The van der Waals surface area contributed by atoms with Crippen LogP contribution in [0.4, 0.5) is 0 Å². The SMILES string of the molecule is C#CCCC(C)C.CC(C)C1CCCC1.CC(C)C1CCCCC1.CC(C)CC1CCCC1.CC(C)NCc1ccc(C(=O)O)cc1. The summed E-state index contributed by atoms with van der Waals surface area (Å²) in [6, 6.07) is 7.35. The minimum Gasteiger partial charge on any atom is -0.478 e. The van der Waals surface area contributed by atoms with Gasteiger partial charge in [0, 0.05) is 19.0 Å². The fourth-order valence-corrected chi connectivity index (χ4v) is 6.80. The lowest BCUT2D eigenvalue weighted by Gasteiger charge is -2.24. The molecule has 0 radical (unpaired) electrons. The molecule has 0 saturated heterocycles. The largest absolute Gasteiger partial charge is 0.478 e. The third-order valence-electron chi connectivity index (χ3n) is 10.00. The normalized spacial score (nSPS) is 16.9. The topological polar surface area (TPSA) is 49.3 Å². The van der Waals surface area contributed by atoms with Gasteiger partial charge >= 0.3 is 5.97 Å². The molecule has 272 valence electrons. The zero-order valence-corrected chi connectivity index (χ0v) is 32.9. The molecule has 0 aliphatic heterocycles. The summed E-state index contributed by atoms with van der Waals surface area (Å²) in [7, 11) is 0. The molecule has 3 saturated carbocycles. The number of rotatable bonds is 10. The van der Waals surface area contributed by atoms with E-state index in [9.17, 15) is 4.79 Å². The molecule has 47 heavy (non-hydrogen) atoms. The van der Waals surface area contributed by atoms with E-state index in [0.717, 1.165) is 66.4 Å². The first kappa shape index (κ1) is 45.2. The van der Waals surface area contributed by atoms with Crippen molar-refractivity contribution in [3.05, 3.63) is 35.4 Å². The summed E-state index contributed by atoms with van der Waals surface area (Å²) in [5.41, 5.74) is 1.43. The molecule has 3 fully saturated rings. The zero-order chi connectivity index (χ0) is 35.6. The molecular weight excluding hydrogens is 574 g/mol. The predicted octanol–water partition coefficient (Wildman–Crippen LogP) is 13.2. The number of carboxylic acids is 1. The van der Waals surface area contributed by atoms with Crippen LogP contribution in [0.1, 0.15) is 188 Å². The summed E-state index contributed by atoms with van der Waals surface area (Å²) in [4.78, 5) is 10.6. The monoisotopic (exact) mass is 654 g/mol. The van der Waals surface area contributed by atoms with Gasteiger partial charge in [0.25, 0.3) is 0 Å². The Kier molecular flexibility index (Phi) is 27.0. The molecule has 0 amide bonds. The number of nitrogens with one attached hydrogen (secondary N) is 1. The highest BCUT2D eigenvalue weighted by Crippen LogP contribution is 2.31. The van der Waals surface area contributed by atoms with Crippen LogP contribution in [0.2, 0.25) is 0 Å². The van der Waals surface area contributed by atoms with Gasteiger partial charge in [-0.2, -0.15) is 0 Å². The van der Waals surface area contributed by atoms with Gasteiger partial charge in [0.05, 0.1) is 5.56 Å².